The number of carbonyl (C=O) groups is 5. The van der Waals surface area contributed by atoms with Crippen molar-refractivity contribution in [3.63, 3.8) is 0 Å². The molecule has 8 atom stereocenters. The average Bonchev–Trinajstić information content (AvgIpc) is 3.22. The van der Waals surface area contributed by atoms with E-state index in [4.69, 9.17) is 18.9 Å². The van der Waals surface area contributed by atoms with Crippen molar-refractivity contribution in [2.24, 2.45) is 4.99 Å². The summed E-state index contributed by atoms with van der Waals surface area (Å²) in [5.74, 6) is -7.34. The summed E-state index contributed by atoms with van der Waals surface area (Å²) in [6, 6.07) is 18.6. The van der Waals surface area contributed by atoms with E-state index in [2.05, 4.69) is 10.3 Å². The van der Waals surface area contributed by atoms with Crippen molar-refractivity contribution in [1.82, 2.24) is 0 Å². The van der Waals surface area contributed by atoms with Gasteiger partial charge in [-0.2, -0.15) is 0 Å². The molecule has 1 heterocycles. The fourth-order valence-electron chi connectivity index (χ4n) is 9.40. The summed E-state index contributed by atoms with van der Waals surface area (Å²) in [6.45, 7) is 3.11. The van der Waals surface area contributed by atoms with Crippen molar-refractivity contribution in [1.29, 1.82) is 0 Å². The highest BCUT2D eigenvalue weighted by molar-refractivity contribution is 6.53. The highest BCUT2D eigenvalue weighted by Crippen LogP contribution is 2.56. The number of carbonyl (C=O) groups excluding carboxylic acids is 5. The molecule has 0 saturated carbocycles. The minimum atomic E-state index is -3.27. The van der Waals surface area contributed by atoms with Gasteiger partial charge in [-0.3, -0.25) is 29.0 Å². The molecule has 4 aromatic rings. The summed E-state index contributed by atoms with van der Waals surface area (Å²) in [5.41, 5.74) is -7.88. The average molecular weight is 835 g/mol. The molecular weight excluding hydrogens is 792 g/mol. The van der Waals surface area contributed by atoms with Crippen LogP contribution in [0, 0.1) is 6.92 Å². The Morgan fingerprint density at radius 3 is 2.15 bits per heavy atom. The first-order valence-corrected chi connectivity index (χ1v) is 19.4. The molecule has 3 aliphatic carbocycles. The minimum absolute atomic E-state index is 0.00111. The van der Waals surface area contributed by atoms with Crippen molar-refractivity contribution >= 4 is 40.4 Å². The number of anilines is 1. The maximum Gasteiger partial charge on any atom is 0.259 e. The zero-order valence-corrected chi connectivity index (χ0v) is 33.6. The zero-order chi connectivity index (χ0) is 43.9. The second-order valence-corrected chi connectivity index (χ2v) is 15.6. The molecule has 0 aromatic heterocycles. The van der Waals surface area contributed by atoms with E-state index in [-0.39, 0.29) is 22.4 Å². The molecule has 16 nitrogen and oxygen atoms in total. The number of hydrogen-bond acceptors (Lipinski definition) is 15. The van der Waals surface area contributed by atoms with Crippen LogP contribution in [-0.4, -0.2) is 124 Å². The van der Waals surface area contributed by atoms with Gasteiger partial charge >= 0.3 is 0 Å². The maximum absolute atomic E-state index is 15.0. The van der Waals surface area contributed by atoms with Crippen LogP contribution >= 0.6 is 0 Å². The van der Waals surface area contributed by atoms with Crippen molar-refractivity contribution in [3.05, 3.63) is 111 Å². The molecular formula is C45H42N2O14. The molecule has 6 N–H and O–H groups in total. The largest absolute Gasteiger partial charge is 0.507 e. The van der Waals surface area contributed by atoms with Crippen LogP contribution in [0.4, 0.5) is 5.69 Å². The number of phenolic OH excluding ortho intramolecular Hbond substituents is 2. The number of aliphatic hydroxyl groups excluding tert-OH is 2. The first-order chi connectivity index (χ1) is 29.0. The minimum Gasteiger partial charge on any atom is -0.507 e. The number of hydrogen-bond donors (Lipinski definition) is 6. The molecule has 1 fully saturated rings. The topological polar surface area (TPSA) is 248 Å². The number of amides is 1. The number of aromatic hydroxyl groups is 2. The number of Topliss-reactive ketones (excluding diaryl/α,β-unsaturated/α-hetero) is 4. The first kappa shape index (κ1) is 41.7. The monoisotopic (exact) mass is 834 g/mol. The van der Waals surface area contributed by atoms with Crippen LogP contribution < -0.4 is 5.32 Å². The van der Waals surface area contributed by atoms with Gasteiger partial charge in [-0.25, -0.2) is 0 Å². The lowest BCUT2D eigenvalue weighted by molar-refractivity contribution is -0.228. The van der Waals surface area contributed by atoms with Gasteiger partial charge in [-0.15, -0.1) is 0 Å². The van der Waals surface area contributed by atoms with E-state index in [1.54, 1.807) is 31.2 Å². The normalized spacial score (nSPS) is 28.8. The fourth-order valence-corrected chi connectivity index (χ4v) is 9.40. The van der Waals surface area contributed by atoms with Crippen LogP contribution in [0.5, 0.6) is 11.5 Å². The van der Waals surface area contributed by atoms with Crippen LogP contribution in [0.25, 0.3) is 11.1 Å². The molecule has 0 bridgehead atoms. The van der Waals surface area contributed by atoms with Crippen LogP contribution in [0.3, 0.4) is 0 Å². The number of benzene rings is 4. The molecule has 4 aliphatic rings. The summed E-state index contributed by atoms with van der Waals surface area (Å²) in [6.07, 6.45) is -8.33. The van der Waals surface area contributed by atoms with Gasteiger partial charge in [0.05, 0.1) is 41.0 Å². The molecule has 1 amide bonds. The van der Waals surface area contributed by atoms with Crippen molar-refractivity contribution in [2.45, 2.75) is 74.6 Å². The lowest BCUT2D eigenvalue weighted by Gasteiger charge is -2.53. The maximum atomic E-state index is 15.0. The Morgan fingerprint density at radius 2 is 1.51 bits per heavy atom. The molecule has 4 aromatic carbocycles. The summed E-state index contributed by atoms with van der Waals surface area (Å²) >= 11 is 0. The molecule has 0 radical (unpaired) electrons. The number of phenols is 2. The summed E-state index contributed by atoms with van der Waals surface area (Å²) in [7, 11) is 3.60. The second-order valence-electron chi connectivity index (χ2n) is 15.6. The van der Waals surface area contributed by atoms with E-state index in [1.165, 1.54) is 27.2 Å². The molecule has 1 unspecified atom stereocenters. The number of aliphatic hydroxyl groups is 3. The number of methoxy groups -OCH3 is 3. The molecule has 1 saturated heterocycles. The smallest absolute Gasteiger partial charge is 0.259 e. The molecule has 8 rings (SSSR count). The van der Waals surface area contributed by atoms with Crippen molar-refractivity contribution < 1.29 is 68.5 Å². The molecule has 16 heteroatoms. The fraction of sp³-hybridized carbons (Fsp3) is 0.333. The first-order valence-electron chi connectivity index (χ1n) is 19.4. The Morgan fingerprint density at radius 1 is 0.852 bits per heavy atom. The van der Waals surface area contributed by atoms with Gasteiger partial charge in [0, 0.05) is 50.1 Å². The Kier molecular flexibility index (Phi) is 10.4. The number of aryl methyl sites for hydroxylation is 1. The van der Waals surface area contributed by atoms with Crippen LogP contribution in [0.1, 0.15) is 81.8 Å². The lowest BCUT2D eigenvalue weighted by Crippen LogP contribution is -2.73. The lowest BCUT2D eigenvalue weighted by atomic mass is 9.56. The predicted molar refractivity (Wildman–Crippen MR) is 215 cm³/mol. The van der Waals surface area contributed by atoms with E-state index in [0.29, 0.717) is 5.69 Å². The van der Waals surface area contributed by atoms with Crippen molar-refractivity contribution in [2.75, 3.05) is 26.6 Å². The van der Waals surface area contributed by atoms with Crippen molar-refractivity contribution in [3.8, 4) is 22.6 Å². The highest BCUT2D eigenvalue weighted by Gasteiger charge is 2.72. The Bertz CT molecular complexity index is 2570. The van der Waals surface area contributed by atoms with Gasteiger partial charge in [0.25, 0.3) is 5.91 Å². The van der Waals surface area contributed by atoms with E-state index in [9.17, 15) is 49.5 Å². The molecule has 61 heavy (non-hydrogen) atoms. The number of nitrogens with one attached hydrogen (secondary N) is 1. The van der Waals surface area contributed by atoms with E-state index in [1.807, 2.05) is 30.3 Å². The number of nitrogens with zero attached hydrogens (tertiary/aromatic N) is 1. The van der Waals surface area contributed by atoms with E-state index < -0.39 is 129 Å². The third-order valence-electron chi connectivity index (χ3n) is 12.3. The zero-order valence-electron chi connectivity index (χ0n) is 33.6. The van der Waals surface area contributed by atoms with Gasteiger partial charge < -0.3 is 49.8 Å². The number of ketones is 4. The summed E-state index contributed by atoms with van der Waals surface area (Å²) in [4.78, 5) is 75.9. The number of aliphatic imine (C=N–C) groups is 1. The van der Waals surface area contributed by atoms with E-state index >= 15 is 0 Å². The van der Waals surface area contributed by atoms with Crippen LogP contribution in [0.15, 0.2) is 71.7 Å². The van der Waals surface area contributed by atoms with Crippen LogP contribution in [0.2, 0.25) is 0 Å². The molecule has 0 spiro atoms. The van der Waals surface area contributed by atoms with E-state index in [0.717, 1.165) is 24.3 Å². The summed E-state index contributed by atoms with van der Waals surface area (Å²) in [5, 5.41) is 61.8. The van der Waals surface area contributed by atoms with Gasteiger partial charge in [0.1, 0.15) is 29.8 Å². The third-order valence-corrected chi connectivity index (χ3v) is 12.3. The highest BCUT2D eigenvalue weighted by atomic mass is 16.6. The summed E-state index contributed by atoms with van der Waals surface area (Å²) < 4.78 is 22.2. The Balaban J connectivity index is 1.22. The third kappa shape index (κ3) is 6.01. The second kappa shape index (κ2) is 15.2. The molecule has 316 valence electrons. The number of ether oxygens (including phenoxy) is 4. The van der Waals surface area contributed by atoms with Gasteiger partial charge in [-0.05, 0) is 54.3 Å². The Labute approximate surface area is 348 Å². The predicted octanol–water partition coefficient (Wildman–Crippen LogP) is 3.24. The number of rotatable bonds is 7. The standard InChI is InChI=1S/C45H42N2O14/c1-19-15-23-16-29(49)45(60-5)41(55)32-26(17-25-31(35(32)51)28(48)18-27(34(25)50)47-43-39(59-4)37(53)38(58-3)20(2)61-43)40(54)44(45,57)33(23)36(52)30(19)42(56)46-24-13-11-22(12-14-24)21-9-7-6-8-10-21/h6-15,17,20,29,37-39,43,49,51-53,57H,16,18H2,1-5H3,(H,46,56)/t20-,29+,37+,38-,39+,43?,44-,45+/m0/s1. The van der Waals surface area contributed by atoms with Gasteiger partial charge in [-0.1, -0.05) is 48.5 Å². The van der Waals surface area contributed by atoms with Crippen LogP contribution in [-0.2, 0) is 31.0 Å². The molecule has 1 aliphatic heterocycles. The number of fused-ring (bicyclic) bond motifs is 5. The quantitative estimate of drug-likeness (QED) is 0.157. The SMILES string of the molecule is CO[C@@H]1[C@@H](O)[C@@H](OC)C(N=C2CC(=O)c3c(cc4c(c3O)C(=O)[C@]3(OC)[C@H](O)Cc5cc(C)c(C(=O)Nc6ccc(-c7ccccc7)cc6)c(O)c5[C@]3(O)C4=O)C2=O)O[C@H]1C. The van der Waals surface area contributed by atoms with Gasteiger partial charge in [0.2, 0.25) is 17.3 Å². The Hall–Kier alpha value is -5.98. The van der Waals surface area contributed by atoms with Gasteiger partial charge in [0.15, 0.2) is 23.2 Å².